The molecule has 130 valence electrons. The highest BCUT2D eigenvalue weighted by atomic mass is 19.1. The standard InChI is InChI=1S/C18H23FN2O3/c19-16-4-3-13(9-15(16)12-1-2-12)20-17(22)21-14-5-7-24-18(10-14)6-8-23-11-18/h3-4,9,12,14H,1-2,5-8,10-11H2,(H2,20,21,22). The van der Waals surface area contributed by atoms with Crippen LogP contribution in [0.15, 0.2) is 18.2 Å². The fourth-order valence-corrected chi connectivity index (χ4v) is 3.70. The third kappa shape index (κ3) is 3.39. The van der Waals surface area contributed by atoms with Crippen LogP contribution in [-0.2, 0) is 9.47 Å². The number of anilines is 1. The molecular formula is C18H23FN2O3. The molecule has 2 aliphatic heterocycles. The lowest BCUT2D eigenvalue weighted by Crippen LogP contribution is -2.49. The maximum Gasteiger partial charge on any atom is 0.319 e. The van der Waals surface area contributed by atoms with E-state index < -0.39 is 0 Å². The fraction of sp³-hybridized carbons (Fsp3) is 0.611. The summed E-state index contributed by atoms with van der Waals surface area (Å²) in [5, 5.41) is 5.85. The van der Waals surface area contributed by atoms with E-state index in [0.29, 0.717) is 30.4 Å². The number of nitrogens with one attached hydrogen (secondary N) is 2. The van der Waals surface area contributed by atoms with E-state index in [0.717, 1.165) is 38.7 Å². The molecule has 5 nitrogen and oxygen atoms in total. The summed E-state index contributed by atoms with van der Waals surface area (Å²) in [5.74, 6) is 0.128. The summed E-state index contributed by atoms with van der Waals surface area (Å²) >= 11 is 0. The molecule has 2 heterocycles. The Morgan fingerprint density at radius 1 is 1.25 bits per heavy atom. The molecule has 1 saturated carbocycles. The van der Waals surface area contributed by atoms with Gasteiger partial charge < -0.3 is 20.1 Å². The summed E-state index contributed by atoms with van der Waals surface area (Å²) in [4.78, 5) is 12.3. The van der Waals surface area contributed by atoms with Crippen molar-refractivity contribution in [3.63, 3.8) is 0 Å². The van der Waals surface area contributed by atoms with Crippen LogP contribution in [0.5, 0.6) is 0 Å². The number of amides is 2. The van der Waals surface area contributed by atoms with Gasteiger partial charge in [-0.05, 0) is 55.4 Å². The second-order valence-corrected chi connectivity index (χ2v) is 7.13. The van der Waals surface area contributed by atoms with Crippen molar-refractivity contribution < 1.29 is 18.7 Å². The number of carbonyl (C=O) groups excluding carboxylic acids is 1. The Labute approximate surface area is 140 Å². The predicted octanol–water partition coefficient (Wildman–Crippen LogP) is 3.16. The molecule has 4 rings (SSSR count). The van der Waals surface area contributed by atoms with Gasteiger partial charge in [-0.15, -0.1) is 0 Å². The van der Waals surface area contributed by atoms with E-state index in [1.807, 2.05) is 0 Å². The number of rotatable bonds is 3. The zero-order chi connectivity index (χ0) is 16.6. The van der Waals surface area contributed by atoms with Gasteiger partial charge >= 0.3 is 6.03 Å². The third-order valence-corrected chi connectivity index (χ3v) is 5.17. The Balaban J connectivity index is 1.35. The lowest BCUT2D eigenvalue weighted by atomic mass is 9.90. The molecule has 2 N–H and O–H groups in total. The average Bonchev–Trinajstić information content (AvgIpc) is 3.31. The van der Waals surface area contributed by atoms with Crippen molar-refractivity contribution >= 4 is 11.7 Å². The van der Waals surface area contributed by atoms with Gasteiger partial charge in [-0.25, -0.2) is 9.18 Å². The van der Waals surface area contributed by atoms with E-state index in [-0.39, 0.29) is 23.5 Å². The zero-order valence-corrected chi connectivity index (χ0v) is 13.6. The summed E-state index contributed by atoms with van der Waals surface area (Å²) in [6.45, 7) is 1.96. The van der Waals surface area contributed by atoms with Crippen LogP contribution >= 0.6 is 0 Å². The van der Waals surface area contributed by atoms with Crippen LogP contribution in [0.3, 0.4) is 0 Å². The van der Waals surface area contributed by atoms with Crippen LogP contribution in [0.2, 0.25) is 0 Å². The number of carbonyl (C=O) groups is 1. The van der Waals surface area contributed by atoms with Gasteiger partial charge in [0.15, 0.2) is 0 Å². The molecule has 2 amide bonds. The van der Waals surface area contributed by atoms with Crippen molar-refractivity contribution in [3.8, 4) is 0 Å². The first-order valence-corrected chi connectivity index (χ1v) is 8.72. The Kier molecular flexibility index (Phi) is 4.18. The van der Waals surface area contributed by atoms with Crippen molar-refractivity contribution in [1.29, 1.82) is 0 Å². The van der Waals surface area contributed by atoms with Crippen LogP contribution < -0.4 is 10.6 Å². The summed E-state index contributed by atoms with van der Waals surface area (Å²) in [6, 6.07) is 4.62. The number of benzene rings is 1. The Hall–Kier alpha value is -1.66. The topological polar surface area (TPSA) is 59.6 Å². The summed E-state index contributed by atoms with van der Waals surface area (Å²) in [7, 11) is 0. The monoisotopic (exact) mass is 334 g/mol. The number of urea groups is 1. The molecular weight excluding hydrogens is 311 g/mol. The van der Waals surface area contributed by atoms with Gasteiger partial charge in [0.2, 0.25) is 0 Å². The van der Waals surface area contributed by atoms with Gasteiger partial charge in [0.05, 0.1) is 12.2 Å². The maximum atomic E-state index is 13.8. The van der Waals surface area contributed by atoms with Gasteiger partial charge in [0.1, 0.15) is 5.82 Å². The smallest absolute Gasteiger partial charge is 0.319 e. The lowest BCUT2D eigenvalue weighted by Gasteiger charge is -2.37. The normalized spacial score (nSPS) is 29.6. The summed E-state index contributed by atoms with van der Waals surface area (Å²) < 4.78 is 25.1. The van der Waals surface area contributed by atoms with Crippen LogP contribution in [0.4, 0.5) is 14.9 Å². The lowest BCUT2D eigenvalue weighted by molar-refractivity contribution is -0.0877. The van der Waals surface area contributed by atoms with Crippen LogP contribution in [0.1, 0.15) is 43.6 Å². The van der Waals surface area contributed by atoms with Crippen LogP contribution in [0.25, 0.3) is 0 Å². The molecule has 2 atom stereocenters. The predicted molar refractivity (Wildman–Crippen MR) is 87.7 cm³/mol. The molecule has 1 aliphatic carbocycles. The van der Waals surface area contributed by atoms with Crippen LogP contribution in [-0.4, -0.2) is 37.5 Å². The van der Waals surface area contributed by atoms with E-state index in [1.54, 1.807) is 12.1 Å². The fourth-order valence-electron chi connectivity index (χ4n) is 3.70. The molecule has 1 aromatic rings. The van der Waals surface area contributed by atoms with Gasteiger partial charge in [-0.3, -0.25) is 0 Å². The SMILES string of the molecule is O=C(Nc1ccc(F)c(C2CC2)c1)NC1CCOC2(CCOC2)C1. The molecule has 2 unspecified atom stereocenters. The number of ether oxygens (including phenoxy) is 2. The highest BCUT2D eigenvalue weighted by Gasteiger charge is 2.41. The van der Waals surface area contributed by atoms with Gasteiger partial charge in [-0.2, -0.15) is 0 Å². The number of hydrogen-bond donors (Lipinski definition) is 2. The van der Waals surface area contributed by atoms with Gasteiger partial charge in [-0.1, -0.05) is 0 Å². The summed E-state index contributed by atoms with van der Waals surface area (Å²) in [6.07, 6.45) is 4.51. The van der Waals surface area contributed by atoms with Gasteiger partial charge in [0.25, 0.3) is 0 Å². The molecule has 1 spiro atoms. The Morgan fingerprint density at radius 3 is 2.88 bits per heavy atom. The van der Waals surface area contributed by atoms with Crippen molar-refractivity contribution in [1.82, 2.24) is 5.32 Å². The second kappa shape index (κ2) is 6.33. The minimum atomic E-state index is -0.246. The van der Waals surface area contributed by atoms with Crippen molar-refractivity contribution in [2.45, 2.75) is 49.7 Å². The Morgan fingerprint density at radius 2 is 2.12 bits per heavy atom. The second-order valence-electron chi connectivity index (χ2n) is 7.13. The molecule has 3 aliphatic rings. The van der Waals surface area contributed by atoms with Crippen LogP contribution in [0, 0.1) is 5.82 Å². The molecule has 0 radical (unpaired) electrons. The minimum Gasteiger partial charge on any atom is -0.378 e. The first-order chi connectivity index (χ1) is 11.6. The van der Waals surface area contributed by atoms with E-state index in [4.69, 9.17) is 9.47 Å². The zero-order valence-electron chi connectivity index (χ0n) is 13.6. The molecule has 6 heteroatoms. The minimum absolute atomic E-state index is 0.0730. The molecule has 24 heavy (non-hydrogen) atoms. The van der Waals surface area contributed by atoms with Crippen molar-refractivity contribution in [2.75, 3.05) is 25.1 Å². The molecule has 3 fully saturated rings. The van der Waals surface area contributed by atoms with Gasteiger partial charge in [0, 0.05) is 31.4 Å². The molecule has 1 aromatic carbocycles. The van der Waals surface area contributed by atoms with E-state index in [2.05, 4.69) is 10.6 Å². The number of halogens is 1. The quantitative estimate of drug-likeness (QED) is 0.893. The van der Waals surface area contributed by atoms with E-state index in [9.17, 15) is 9.18 Å². The third-order valence-electron chi connectivity index (χ3n) is 5.17. The first kappa shape index (κ1) is 15.8. The van der Waals surface area contributed by atoms with Crippen molar-refractivity contribution in [2.24, 2.45) is 0 Å². The molecule has 0 bridgehead atoms. The average molecular weight is 334 g/mol. The maximum absolute atomic E-state index is 13.8. The summed E-state index contributed by atoms with van der Waals surface area (Å²) in [5.41, 5.74) is 1.12. The molecule has 2 saturated heterocycles. The number of hydrogen-bond acceptors (Lipinski definition) is 3. The highest BCUT2D eigenvalue weighted by Crippen LogP contribution is 2.42. The largest absolute Gasteiger partial charge is 0.378 e. The van der Waals surface area contributed by atoms with E-state index >= 15 is 0 Å². The van der Waals surface area contributed by atoms with Crippen molar-refractivity contribution in [3.05, 3.63) is 29.6 Å². The molecule has 0 aromatic heterocycles. The highest BCUT2D eigenvalue weighted by molar-refractivity contribution is 5.89. The van der Waals surface area contributed by atoms with E-state index in [1.165, 1.54) is 6.07 Å². The first-order valence-electron chi connectivity index (χ1n) is 8.72. The Bertz CT molecular complexity index is 627.